The number of carbonyl (C=O) groups excluding carboxylic acids is 1. The fourth-order valence-electron chi connectivity index (χ4n) is 3.07. The maximum atomic E-state index is 12.2. The van der Waals surface area contributed by atoms with Crippen molar-refractivity contribution in [3.8, 4) is 0 Å². The van der Waals surface area contributed by atoms with Crippen LogP contribution in [0, 0.1) is 0 Å². The van der Waals surface area contributed by atoms with Gasteiger partial charge in [-0.2, -0.15) is 0 Å². The molecule has 6 heteroatoms. The lowest BCUT2D eigenvalue weighted by Gasteiger charge is -2.08. The van der Waals surface area contributed by atoms with E-state index in [0.29, 0.717) is 16.3 Å². The molecule has 28 heavy (non-hydrogen) atoms. The normalized spacial score (nSPS) is 10.8. The van der Waals surface area contributed by atoms with Crippen LogP contribution in [0.25, 0.3) is 10.9 Å². The Bertz CT molecular complexity index is 1100. The minimum atomic E-state index is -0.218. The fourth-order valence-corrected chi connectivity index (χ4v) is 3.26. The molecule has 0 radical (unpaired) electrons. The zero-order valence-electron chi connectivity index (χ0n) is 15.1. The minimum Gasteiger partial charge on any atom is -0.370 e. The summed E-state index contributed by atoms with van der Waals surface area (Å²) in [7, 11) is 0. The molecule has 0 unspecified atom stereocenters. The third kappa shape index (κ3) is 4.15. The first-order chi connectivity index (χ1) is 13.7. The molecule has 0 bridgehead atoms. The molecule has 4 rings (SSSR count). The Morgan fingerprint density at radius 1 is 1.07 bits per heavy atom. The zero-order valence-corrected chi connectivity index (χ0v) is 15.8. The lowest BCUT2D eigenvalue weighted by atomic mass is 10.1. The molecule has 0 saturated carbocycles. The smallest absolute Gasteiger partial charge is 0.255 e. The van der Waals surface area contributed by atoms with Crippen molar-refractivity contribution in [2.45, 2.75) is 6.42 Å². The summed E-state index contributed by atoms with van der Waals surface area (Å²) in [6, 6.07) is 18.8. The highest BCUT2D eigenvalue weighted by Gasteiger charge is 2.07. The molecule has 2 heterocycles. The molecule has 140 valence electrons. The summed E-state index contributed by atoms with van der Waals surface area (Å²) in [6.07, 6.45) is 4.57. The predicted molar refractivity (Wildman–Crippen MR) is 114 cm³/mol. The van der Waals surface area contributed by atoms with Gasteiger partial charge in [-0.1, -0.05) is 35.9 Å². The number of fused-ring (bicyclic) bond motifs is 1. The summed E-state index contributed by atoms with van der Waals surface area (Å²) in [5.41, 5.74) is 3.56. The van der Waals surface area contributed by atoms with Crippen LogP contribution in [0.3, 0.4) is 0 Å². The summed E-state index contributed by atoms with van der Waals surface area (Å²) in [5.74, 6) is 0.546. The number of nitrogens with zero attached hydrogens (tertiary/aromatic N) is 1. The van der Waals surface area contributed by atoms with E-state index < -0.39 is 0 Å². The van der Waals surface area contributed by atoms with E-state index in [4.69, 9.17) is 11.6 Å². The molecule has 0 spiro atoms. The van der Waals surface area contributed by atoms with Gasteiger partial charge >= 0.3 is 0 Å². The van der Waals surface area contributed by atoms with E-state index in [9.17, 15) is 4.79 Å². The molecule has 1 amide bonds. The van der Waals surface area contributed by atoms with Crippen molar-refractivity contribution in [3.63, 3.8) is 0 Å². The van der Waals surface area contributed by atoms with Crippen molar-refractivity contribution in [1.29, 1.82) is 0 Å². The number of para-hydroxylation sites is 1. The average Bonchev–Trinajstić information content (AvgIpc) is 3.12. The van der Waals surface area contributed by atoms with Gasteiger partial charge in [0.1, 0.15) is 5.82 Å². The number of aromatic nitrogens is 2. The zero-order chi connectivity index (χ0) is 19.3. The Balaban J connectivity index is 1.32. The van der Waals surface area contributed by atoms with Crippen molar-refractivity contribution >= 4 is 39.9 Å². The lowest BCUT2D eigenvalue weighted by Crippen LogP contribution is -2.12. The van der Waals surface area contributed by atoms with Gasteiger partial charge in [0.05, 0.1) is 11.9 Å². The molecule has 0 saturated heterocycles. The summed E-state index contributed by atoms with van der Waals surface area (Å²) in [4.78, 5) is 19.9. The minimum absolute atomic E-state index is 0.218. The summed E-state index contributed by atoms with van der Waals surface area (Å²) >= 11 is 5.93. The summed E-state index contributed by atoms with van der Waals surface area (Å²) < 4.78 is 0. The Morgan fingerprint density at radius 3 is 2.79 bits per heavy atom. The van der Waals surface area contributed by atoms with Crippen molar-refractivity contribution in [2.75, 3.05) is 17.2 Å². The first kappa shape index (κ1) is 18.1. The Kier molecular flexibility index (Phi) is 5.26. The van der Waals surface area contributed by atoms with Gasteiger partial charge < -0.3 is 15.6 Å². The number of amides is 1. The van der Waals surface area contributed by atoms with Gasteiger partial charge in [-0.05, 0) is 48.4 Å². The second-order valence-electron chi connectivity index (χ2n) is 6.43. The van der Waals surface area contributed by atoms with Crippen molar-refractivity contribution < 1.29 is 4.79 Å². The molecule has 3 N–H and O–H groups in total. The number of pyridine rings is 1. The fraction of sp³-hybridized carbons (Fsp3) is 0.0909. The van der Waals surface area contributed by atoms with Crippen molar-refractivity contribution in [1.82, 2.24) is 9.97 Å². The number of rotatable bonds is 6. The second-order valence-corrected chi connectivity index (χ2v) is 6.87. The monoisotopic (exact) mass is 390 g/mol. The molecule has 0 atom stereocenters. The molecule has 5 nitrogen and oxygen atoms in total. The summed E-state index contributed by atoms with van der Waals surface area (Å²) in [5, 5.41) is 7.91. The van der Waals surface area contributed by atoms with Gasteiger partial charge in [0.2, 0.25) is 0 Å². The van der Waals surface area contributed by atoms with Crippen molar-refractivity contribution in [3.05, 3.63) is 89.2 Å². The number of carbonyl (C=O) groups is 1. The van der Waals surface area contributed by atoms with Crippen LogP contribution in [-0.4, -0.2) is 22.4 Å². The SMILES string of the molecule is O=C(Nc1ccc(NCCc2c[nH]c3ccccc23)nc1)c1cccc(Cl)c1. The molecule has 0 fully saturated rings. The molecule has 0 aliphatic carbocycles. The third-order valence-corrected chi connectivity index (χ3v) is 4.72. The van der Waals surface area contributed by atoms with Gasteiger partial charge in [-0.25, -0.2) is 4.98 Å². The number of halogens is 1. The largest absolute Gasteiger partial charge is 0.370 e. The van der Waals surface area contributed by atoms with Crippen LogP contribution in [0.4, 0.5) is 11.5 Å². The van der Waals surface area contributed by atoms with Gasteiger partial charge in [0, 0.05) is 34.2 Å². The van der Waals surface area contributed by atoms with E-state index in [2.05, 4.69) is 32.7 Å². The standard InChI is InChI=1S/C22H19ClN4O/c23-17-5-3-4-15(12-17)22(28)27-18-8-9-21(26-14-18)24-11-10-16-13-25-20-7-2-1-6-19(16)20/h1-9,12-14,25H,10-11H2,(H,24,26)(H,27,28). The Morgan fingerprint density at radius 2 is 1.96 bits per heavy atom. The number of hydrogen-bond donors (Lipinski definition) is 3. The van der Waals surface area contributed by atoms with E-state index in [1.165, 1.54) is 10.9 Å². The number of benzene rings is 2. The maximum Gasteiger partial charge on any atom is 0.255 e. The highest BCUT2D eigenvalue weighted by Crippen LogP contribution is 2.18. The number of nitrogens with one attached hydrogen (secondary N) is 3. The molecule has 0 aliphatic heterocycles. The van der Waals surface area contributed by atoms with Crippen LogP contribution in [0.5, 0.6) is 0 Å². The van der Waals surface area contributed by atoms with E-state index in [-0.39, 0.29) is 5.91 Å². The van der Waals surface area contributed by atoms with Crippen LogP contribution in [-0.2, 0) is 6.42 Å². The maximum absolute atomic E-state index is 12.2. The van der Waals surface area contributed by atoms with Gasteiger partial charge in [0.15, 0.2) is 0 Å². The van der Waals surface area contributed by atoms with E-state index in [1.54, 1.807) is 30.5 Å². The molecule has 0 aliphatic rings. The topological polar surface area (TPSA) is 69.8 Å². The van der Waals surface area contributed by atoms with Crippen LogP contribution >= 0.6 is 11.6 Å². The van der Waals surface area contributed by atoms with E-state index in [1.807, 2.05) is 30.5 Å². The first-order valence-electron chi connectivity index (χ1n) is 9.01. The lowest BCUT2D eigenvalue weighted by molar-refractivity contribution is 0.102. The van der Waals surface area contributed by atoms with Crippen LogP contribution in [0.1, 0.15) is 15.9 Å². The quantitative estimate of drug-likeness (QED) is 0.427. The molecule has 4 aromatic rings. The van der Waals surface area contributed by atoms with Crippen LogP contribution in [0.15, 0.2) is 73.1 Å². The highest BCUT2D eigenvalue weighted by molar-refractivity contribution is 6.31. The van der Waals surface area contributed by atoms with E-state index >= 15 is 0 Å². The second kappa shape index (κ2) is 8.15. The average molecular weight is 391 g/mol. The van der Waals surface area contributed by atoms with Crippen molar-refractivity contribution in [2.24, 2.45) is 0 Å². The third-order valence-electron chi connectivity index (χ3n) is 4.48. The number of hydrogen-bond acceptors (Lipinski definition) is 3. The van der Waals surface area contributed by atoms with Crippen LogP contribution < -0.4 is 10.6 Å². The molecular weight excluding hydrogens is 372 g/mol. The highest BCUT2D eigenvalue weighted by atomic mass is 35.5. The molecular formula is C22H19ClN4O. The number of H-pyrrole nitrogens is 1. The Hall–Kier alpha value is -3.31. The van der Waals surface area contributed by atoms with Gasteiger partial charge in [-0.15, -0.1) is 0 Å². The predicted octanol–water partition coefficient (Wildman–Crippen LogP) is 5.12. The van der Waals surface area contributed by atoms with Crippen LogP contribution in [0.2, 0.25) is 5.02 Å². The number of anilines is 2. The van der Waals surface area contributed by atoms with Gasteiger partial charge in [0.25, 0.3) is 5.91 Å². The first-order valence-corrected chi connectivity index (χ1v) is 9.39. The molecule has 2 aromatic heterocycles. The van der Waals surface area contributed by atoms with Gasteiger partial charge in [-0.3, -0.25) is 4.79 Å². The summed E-state index contributed by atoms with van der Waals surface area (Å²) in [6.45, 7) is 0.767. The Labute approximate surface area is 167 Å². The molecule has 2 aromatic carbocycles. The number of aromatic amines is 1. The van der Waals surface area contributed by atoms with E-state index in [0.717, 1.165) is 24.3 Å².